The molecule has 0 aliphatic heterocycles. The Bertz CT molecular complexity index is 444. The average Bonchev–Trinajstić information content (AvgIpc) is 2.36. The van der Waals surface area contributed by atoms with Gasteiger partial charge in [-0.25, -0.2) is 4.79 Å². The van der Waals surface area contributed by atoms with Crippen LogP contribution in [0.15, 0.2) is 6.07 Å². The number of nitrogens with one attached hydrogen (secondary N) is 1. The highest BCUT2D eigenvalue weighted by Gasteiger charge is 2.14. The van der Waals surface area contributed by atoms with Gasteiger partial charge in [0.05, 0.1) is 11.4 Å². The lowest BCUT2D eigenvalue weighted by molar-refractivity contribution is 0.0696. The van der Waals surface area contributed by atoms with Gasteiger partial charge in [0.2, 0.25) is 0 Å². The molecule has 20 heavy (non-hydrogen) atoms. The summed E-state index contributed by atoms with van der Waals surface area (Å²) in [5.74, 6) is -0.916. The van der Waals surface area contributed by atoms with Gasteiger partial charge < -0.3 is 10.4 Å². The van der Waals surface area contributed by atoms with Crippen molar-refractivity contribution in [2.24, 2.45) is 0 Å². The number of rotatable bonds is 9. The summed E-state index contributed by atoms with van der Waals surface area (Å²) in [6.45, 7) is 6.65. The molecule has 0 aromatic carbocycles. The van der Waals surface area contributed by atoms with Crippen molar-refractivity contribution in [2.75, 3.05) is 11.9 Å². The van der Waals surface area contributed by atoms with E-state index in [-0.39, 0.29) is 0 Å². The molecule has 0 radical (unpaired) electrons. The van der Waals surface area contributed by atoms with Crippen LogP contribution in [0.25, 0.3) is 0 Å². The molecule has 1 heterocycles. The van der Waals surface area contributed by atoms with Gasteiger partial charge in [0.1, 0.15) is 5.56 Å². The Morgan fingerprint density at radius 3 is 2.50 bits per heavy atom. The third-order valence-corrected chi connectivity index (χ3v) is 3.39. The zero-order valence-corrected chi connectivity index (χ0v) is 12.8. The second-order valence-corrected chi connectivity index (χ2v) is 5.27. The first-order valence-electron chi connectivity index (χ1n) is 7.51. The number of pyridine rings is 1. The Morgan fingerprint density at radius 2 is 1.85 bits per heavy atom. The second-order valence-electron chi connectivity index (χ2n) is 5.27. The Labute approximate surface area is 121 Å². The van der Waals surface area contributed by atoms with E-state index < -0.39 is 5.97 Å². The van der Waals surface area contributed by atoms with E-state index in [9.17, 15) is 9.90 Å². The summed E-state index contributed by atoms with van der Waals surface area (Å²) in [6.07, 6.45) is 7.39. The Kier molecular flexibility index (Phi) is 7.05. The Hall–Kier alpha value is -1.58. The number of hydrogen-bond donors (Lipinski definition) is 2. The van der Waals surface area contributed by atoms with Crippen LogP contribution in [0.1, 0.15) is 67.2 Å². The maximum Gasteiger partial charge on any atom is 0.339 e. The molecule has 4 nitrogen and oxygen atoms in total. The number of aromatic carboxylic acids is 1. The van der Waals surface area contributed by atoms with Crippen molar-refractivity contribution in [1.82, 2.24) is 4.98 Å². The van der Waals surface area contributed by atoms with Crippen LogP contribution in [0.4, 0.5) is 5.69 Å². The molecule has 0 aliphatic rings. The van der Waals surface area contributed by atoms with Gasteiger partial charge in [-0.3, -0.25) is 4.98 Å². The second kappa shape index (κ2) is 8.56. The minimum absolute atomic E-state index is 0.293. The molecule has 0 saturated heterocycles. The van der Waals surface area contributed by atoms with E-state index in [4.69, 9.17) is 0 Å². The number of aromatic nitrogens is 1. The first-order valence-corrected chi connectivity index (χ1v) is 7.51. The minimum Gasteiger partial charge on any atom is -0.478 e. The number of carbonyl (C=O) groups is 1. The molecule has 1 aromatic rings. The normalized spacial score (nSPS) is 10.6. The van der Waals surface area contributed by atoms with E-state index in [1.807, 2.05) is 13.0 Å². The van der Waals surface area contributed by atoms with Crippen LogP contribution in [0.3, 0.4) is 0 Å². The highest BCUT2D eigenvalue weighted by Crippen LogP contribution is 2.20. The summed E-state index contributed by atoms with van der Waals surface area (Å²) in [5.41, 5.74) is 2.40. The monoisotopic (exact) mass is 278 g/mol. The molecule has 112 valence electrons. The number of anilines is 1. The van der Waals surface area contributed by atoms with Crippen LogP contribution in [0.2, 0.25) is 0 Å². The summed E-state index contributed by atoms with van der Waals surface area (Å²) in [5, 5.41) is 12.5. The molecule has 2 N–H and O–H groups in total. The number of hydrogen-bond acceptors (Lipinski definition) is 3. The fraction of sp³-hybridized carbons (Fsp3) is 0.625. The molecule has 0 amide bonds. The van der Waals surface area contributed by atoms with Crippen molar-refractivity contribution in [1.29, 1.82) is 0 Å². The summed E-state index contributed by atoms with van der Waals surface area (Å²) < 4.78 is 0. The van der Waals surface area contributed by atoms with Gasteiger partial charge in [-0.05, 0) is 26.3 Å². The number of aryl methyl sites for hydroxylation is 2. The standard InChI is InChI=1S/C16H26N2O2/c1-4-5-6-7-8-9-10-17-14-11-12(2)18-13(3)15(14)16(19)20/h11H,4-10H2,1-3H3,(H,17,18)(H,19,20). The van der Waals surface area contributed by atoms with E-state index in [0.717, 1.165) is 18.7 Å². The number of nitrogens with zero attached hydrogens (tertiary/aromatic N) is 1. The zero-order valence-electron chi connectivity index (χ0n) is 12.8. The van der Waals surface area contributed by atoms with Crippen LogP contribution >= 0.6 is 0 Å². The summed E-state index contributed by atoms with van der Waals surface area (Å²) in [4.78, 5) is 15.5. The van der Waals surface area contributed by atoms with Crippen molar-refractivity contribution in [3.05, 3.63) is 23.0 Å². The molecular formula is C16H26N2O2. The quantitative estimate of drug-likeness (QED) is 0.665. The molecule has 0 bridgehead atoms. The highest BCUT2D eigenvalue weighted by molar-refractivity contribution is 5.95. The lowest BCUT2D eigenvalue weighted by Crippen LogP contribution is -2.11. The van der Waals surface area contributed by atoms with Crippen molar-refractivity contribution >= 4 is 11.7 Å². The third kappa shape index (κ3) is 5.19. The molecule has 4 heteroatoms. The molecular weight excluding hydrogens is 252 g/mol. The Balaban J connectivity index is 2.49. The van der Waals surface area contributed by atoms with Gasteiger partial charge in [0, 0.05) is 12.2 Å². The number of unbranched alkanes of at least 4 members (excludes halogenated alkanes) is 5. The van der Waals surface area contributed by atoms with Gasteiger partial charge in [-0.1, -0.05) is 39.0 Å². The van der Waals surface area contributed by atoms with E-state index in [2.05, 4.69) is 17.2 Å². The molecule has 0 spiro atoms. The van der Waals surface area contributed by atoms with Gasteiger partial charge in [-0.2, -0.15) is 0 Å². The lowest BCUT2D eigenvalue weighted by Gasteiger charge is -2.12. The fourth-order valence-corrected chi connectivity index (χ4v) is 2.37. The fourth-order valence-electron chi connectivity index (χ4n) is 2.37. The summed E-state index contributed by atoms with van der Waals surface area (Å²) in [6, 6.07) is 1.81. The van der Waals surface area contributed by atoms with Gasteiger partial charge in [-0.15, -0.1) is 0 Å². The Morgan fingerprint density at radius 1 is 1.20 bits per heavy atom. The van der Waals surface area contributed by atoms with E-state index in [1.54, 1.807) is 6.92 Å². The topological polar surface area (TPSA) is 62.2 Å². The van der Waals surface area contributed by atoms with Gasteiger partial charge in [0.15, 0.2) is 0 Å². The van der Waals surface area contributed by atoms with Crippen LogP contribution in [-0.2, 0) is 0 Å². The highest BCUT2D eigenvalue weighted by atomic mass is 16.4. The van der Waals surface area contributed by atoms with Gasteiger partial charge >= 0.3 is 5.97 Å². The third-order valence-electron chi connectivity index (χ3n) is 3.39. The van der Waals surface area contributed by atoms with Crippen LogP contribution < -0.4 is 5.32 Å². The van der Waals surface area contributed by atoms with E-state index in [1.165, 1.54) is 32.1 Å². The van der Waals surface area contributed by atoms with Gasteiger partial charge in [0.25, 0.3) is 0 Å². The molecule has 1 aromatic heterocycles. The summed E-state index contributed by atoms with van der Waals surface area (Å²) >= 11 is 0. The predicted octanol–water partition coefficient (Wildman–Crippen LogP) is 4.17. The van der Waals surface area contributed by atoms with Crippen molar-refractivity contribution in [3.63, 3.8) is 0 Å². The average molecular weight is 278 g/mol. The van der Waals surface area contributed by atoms with Crippen LogP contribution in [0, 0.1) is 13.8 Å². The molecule has 0 saturated carbocycles. The van der Waals surface area contributed by atoms with Crippen molar-refractivity contribution in [3.8, 4) is 0 Å². The predicted molar refractivity (Wildman–Crippen MR) is 82.5 cm³/mol. The van der Waals surface area contributed by atoms with Crippen molar-refractivity contribution < 1.29 is 9.90 Å². The molecule has 0 aliphatic carbocycles. The van der Waals surface area contributed by atoms with Crippen LogP contribution in [-0.4, -0.2) is 22.6 Å². The molecule has 1 rings (SSSR count). The maximum absolute atomic E-state index is 11.3. The van der Waals surface area contributed by atoms with E-state index in [0.29, 0.717) is 16.9 Å². The first kappa shape index (κ1) is 16.5. The molecule has 0 atom stereocenters. The van der Waals surface area contributed by atoms with Crippen molar-refractivity contribution in [2.45, 2.75) is 59.3 Å². The lowest BCUT2D eigenvalue weighted by atomic mass is 10.1. The maximum atomic E-state index is 11.3. The number of carboxylic acid groups (broad SMARTS) is 1. The largest absolute Gasteiger partial charge is 0.478 e. The van der Waals surface area contributed by atoms with Crippen LogP contribution in [0.5, 0.6) is 0 Å². The first-order chi connectivity index (χ1) is 9.56. The zero-order chi connectivity index (χ0) is 15.0. The minimum atomic E-state index is -0.916. The molecule has 0 fully saturated rings. The summed E-state index contributed by atoms with van der Waals surface area (Å²) in [7, 11) is 0. The SMILES string of the molecule is CCCCCCCCNc1cc(C)nc(C)c1C(=O)O. The molecule has 0 unspecified atom stereocenters. The number of carboxylic acids is 1. The van der Waals surface area contributed by atoms with E-state index >= 15 is 0 Å². The smallest absolute Gasteiger partial charge is 0.339 e.